The average Bonchev–Trinajstić information content (AvgIpc) is 2.97. The fourth-order valence-electron chi connectivity index (χ4n) is 6.06. The minimum Gasteiger partial charge on any atom is -0.300 e. The maximum Gasteiger partial charge on any atom is 0.328 e. The fourth-order valence-corrected chi connectivity index (χ4v) is 6.25. The quantitative estimate of drug-likeness (QED) is 0.572. The highest BCUT2D eigenvalue weighted by atomic mass is 35.5. The first-order valence-corrected chi connectivity index (χ1v) is 12.6. The number of halogens is 2. The van der Waals surface area contributed by atoms with Gasteiger partial charge in [0.25, 0.3) is 0 Å². The lowest BCUT2D eigenvalue weighted by molar-refractivity contribution is 0.0907. The van der Waals surface area contributed by atoms with Crippen molar-refractivity contribution in [3.8, 4) is 0 Å². The summed E-state index contributed by atoms with van der Waals surface area (Å²) in [5, 5.41) is 3.86. The number of amides is 2. The molecule has 0 bridgehead atoms. The third kappa shape index (κ3) is 4.53. The Morgan fingerprint density at radius 1 is 1.16 bits per heavy atom. The second-order valence-corrected chi connectivity index (χ2v) is 10.6. The summed E-state index contributed by atoms with van der Waals surface area (Å²) in [7, 11) is 0. The van der Waals surface area contributed by atoms with Gasteiger partial charge in [-0.3, -0.25) is 15.2 Å². The molecule has 4 aliphatic rings. The predicted molar refractivity (Wildman–Crippen MR) is 134 cm³/mol. The Balaban J connectivity index is 0.00000245. The van der Waals surface area contributed by atoms with Crippen LogP contribution in [0.1, 0.15) is 71.1 Å². The molecule has 1 aromatic carbocycles. The third-order valence-electron chi connectivity index (χ3n) is 8.04. The molecule has 0 aromatic heterocycles. The van der Waals surface area contributed by atoms with Crippen molar-refractivity contribution in [3.63, 3.8) is 0 Å². The number of nitrogens with zero attached hydrogens (tertiary/aromatic N) is 3. The molecule has 5 rings (SSSR count). The van der Waals surface area contributed by atoms with E-state index in [-0.39, 0.29) is 18.4 Å². The first-order chi connectivity index (χ1) is 15.0. The van der Waals surface area contributed by atoms with E-state index in [9.17, 15) is 4.79 Å². The summed E-state index contributed by atoms with van der Waals surface area (Å²) in [6.07, 6.45) is 12.0. The van der Waals surface area contributed by atoms with Crippen molar-refractivity contribution in [1.29, 1.82) is 0 Å². The Morgan fingerprint density at radius 2 is 1.94 bits per heavy atom. The Kier molecular flexibility index (Phi) is 7.38. The van der Waals surface area contributed by atoms with E-state index in [4.69, 9.17) is 16.6 Å². The lowest BCUT2D eigenvalue weighted by Crippen LogP contribution is -2.60. The van der Waals surface area contributed by atoms with Crippen LogP contribution in [0.15, 0.2) is 29.3 Å². The topological polar surface area (TPSA) is 47.9 Å². The summed E-state index contributed by atoms with van der Waals surface area (Å²) in [6.45, 7) is 4.54. The van der Waals surface area contributed by atoms with Crippen LogP contribution >= 0.6 is 24.0 Å². The molecule has 1 spiro atoms. The lowest BCUT2D eigenvalue weighted by atomic mass is 9.79. The van der Waals surface area contributed by atoms with Gasteiger partial charge in [0.2, 0.25) is 0 Å². The molecule has 2 saturated heterocycles. The molecule has 2 heterocycles. The second kappa shape index (κ2) is 9.90. The number of benzene rings is 1. The molecule has 2 aliphatic carbocycles. The van der Waals surface area contributed by atoms with E-state index in [2.05, 4.69) is 17.1 Å². The van der Waals surface area contributed by atoms with Crippen molar-refractivity contribution in [3.05, 3.63) is 29.3 Å². The smallest absolute Gasteiger partial charge is 0.300 e. The molecule has 5 nitrogen and oxygen atoms in total. The molecule has 176 valence electrons. The zero-order valence-corrected chi connectivity index (χ0v) is 20.6. The summed E-state index contributed by atoms with van der Waals surface area (Å²) in [5.41, 5.74) is 0.479. The van der Waals surface area contributed by atoms with E-state index in [1.54, 1.807) is 0 Å². The van der Waals surface area contributed by atoms with Gasteiger partial charge in [0.15, 0.2) is 0 Å². The number of likely N-dealkylation sites (tertiary alicyclic amines) is 1. The van der Waals surface area contributed by atoms with Gasteiger partial charge in [-0.15, -0.1) is 12.4 Å². The molecule has 0 unspecified atom stereocenters. The standard InChI is InChI=1S/C25H35ClN4O.ClH/c1-18-16-25(13-14-29(18)17-19-7-5-8-19)23(27-21-10-3-2-4-11-21)28-24(31)30(25)22-12-6-9-20(26)15-22;/h6,9,12,15,18-19,21H,2-5,7-8,10-11,13-14,16-17H2,1H3,(H,27,28,31);1H/t18-,25+;/m0./s1. The van der Waals surface area contributed by atoms with Gasteiger partial charge in [-0.05, 0) is 69.6 Å². The number of hydrogen-bond acceptors (Lipinski definition) is 3. The van der Waals surface area contributed by atoms with Crippen LogP contribution in [-0.4, -0.2) is 47.5 Å². The highest BCUT2D eigenvalue weighted by Crippen LogP contribution is 2.42. The Bertz CT molecular complexity index is 852. The summed E-state index contributed by atoms with van der Waals surface area (Å²) >= 11 is 6.33. The first kappa shape index (κ1) is 23.8. The molecule has 0 radical (unpaired) electrons. The number of piperidine rings is 1. The Hall–Kier alpha value is -1.30. The normalized spacial score (nSPS) is 30.9. The number of amidine groups is 1. The molecule has 1 N–H and O–H groups in total. The van der Waals surface area contributed by atoms with Crippen molar-refractivity contribution in [2.75, 3.05) is 18.0 Å². The van der Waals surface area contributed by atoms with Crippen molar-refractivity contribution in [2.45, 2.75) is 88.8 Å². The molecular weight excluding hydrogens is 443 g/mol. The lowest BCUT2D eigenvalue weighted by Gasteiger charge is -2.48. The Morgan fingerprint density at radius 3 is 2.59 bits per heavy atom. The van der Waals surface area contributed by atoms with Crippen molar-refractivity contribution < 1.29 is 4.79 Å². The maximum atomic E-state index is 13.3. The zero-order valence-electron chi connectivity index (χ0n) is 19.1. The van der Waals surface area contributed by atoms with E-state index in [1.807, 2.05) is 29.2 Å². The predicted octanol–water partition coefficient (Wildman–Crippen LogP) is 6.05. The van der Waals surface area contributed by atoms with Gasteiger partial charge in [-0.1, -0.05) is 43.4 Å². The molecule has 7 heteroatoms. The third-order valence-corrected chi connectivity index (χ3v) is 8.27. The molecule has 2 aliphatic heterocycles. The van der Waals surface area contributed by atoms with Crippen LogP contribution < -0.4 is 10.2 Å². The highest BCUT2D eigenvalue weighted by molar-refractivity contribution is 6.31. The molecule has 2 atom stereocenters. The van der Waals surface area contributed by atoms with Gasteiger partial charge in [0, 0.05) is 29.8 Å². The van der Waals surface area contributed by atoms with Crippen LogP contribution in [-0.2, 0) is 0 Å². The van der Waals surface area contributed by atoms with Crippen LogP contribution in [0.2, 0.25) is 5.02 Å². The summed E-state index contributed by atoms with van der Waals surface area (Å²) in [4.78, 5) is 23.1. The first-order valence-electron chi connectivity index (χ1n) is 12.2. The van der Waals surface area contributed by atoms with Crippen LogP contribution in [0.5, 0.6) is 0 Å². The zero-order chi connectivity index (χ0) is 21.4. The number of anilines is 1. The van der Waals surface area contributed by atoms with Gasteiger partial charge in [0.05, 0.1) is 6.04 Å². The highest BCUT2D eigenvalue weighted by Gasteiger charge is 2.54. The minimum absolute atomic E-state index is 0. The fraction of sp³-hybridized carbons (Fsp3) is 0.680. The van der Waals surface area contributed by atoms with Crippen molar-refractivity contribution in [2.24, 2.45) is 10.9 Å². The van der Waals surface area contributed by atoms with Gasteiger partial charge in [-0.2, -0.15) is 0 Å². The molecular formula is C25H36Cl2N4O. The SMILES string of the molecule is C[C@H]1C[C@]2(CCN1CC1CCC1)C(=NC1CCCCC1)NC(=O)N2c1cccc(Cl)c1.Cl. The second-order valence-electron chi connectivity index (χ2n) is 10.1. The molecule has 4 fully saturated rings. The molecule has 32 heavy (non-hydrogen) atoms. The monoisotopic (exact) mass is 478 g/mol. The summed E-state index contributed by atoms with van der Waals surface area (Å²) in [5.74, 6) is 1.76. The number of hydrogen-bond donors (Lipinski definition) is 1. The summed E-state index contributed by atoms with van der Waals surface area (Å²) in [6, 6.07) is 8.41. The van der Waals surface area contributed by atoms with Crippen LogP contribution in [0.4, 0.5) is 10.5 Å². The summed E-state index contributed by atoms with van der Waals surface area (Å²) < 4.78 is 0. The van der Waals surface area contributed by atoms with Gasteiger partial charge in [0.1, 0.15) is 11.4 Å². The van der Waals surface area contributed by atoms with Crippen molar-refractivity contribution >= 4 is 41.6 Å². The minimum atomic E-state index is -0.394. The van der Waals surface area contributed by atoms with E-state index in [0.29, 0.717) is 17.1 Å². The van der Waals surface area contributed by atoms with Crippen LogP contribution in [0.3, 0.4) is 0 Å². The maximum absolute atomic E-state index is 13.3. The number of aliphatic imine (C=N–C) groups is 1. The van der Waals surface area contributed by atoms with Crippen LogP contribution in [0, 0.1) is 5.92 Å². The van der Waals surface area contributed by atoms with Gasteiger partial charge < -0.3 is 4.90 Å². The van der Waals surface area contributed by atoms with Crippen LogP contribution in [0.25, 0.3) is 0 Å². The Labute approximate surface area is 203 Å². The van der Waals surface area contributed by atoms with E-state index in [0.717, 1.165) is 49.7 Å². The van der Waals surface area contributed by atoms with Crippen molar-refractivity contribution in [1.82, 2.24) is 10.2 Å². The number of rotatable bonds is 4. The average molecular weight is 479 g/mol. The number of carbonyl (C=O) groups is 1. The molecule has 2 saturated carbocycles. The van der Waals surface area contributed by atoms with E-state index in [1.165, 1.54) is 45.1 Å². The molecule has 1 aromatic rings. The van der Waals surface area contributed by atoms with E-state index >= 15 is 0 Å². The molecule has 2 amide bonds. The largest absolute Gasteiger partial charge is 0.328 e. The number of carbonyl (C=O) groups excluding carboxylic acids is 1. The van der Waals surface area contributed by atoms with Gasteiger partial charge >= 0.3 is 6.03 Å². The number of nitrogens with one attached hydrogen (secondary N) is 1. The number of urea groups is 1. The van der Waals surface area contributed by atoms with Gasteiger partial charge in [-0.25, -0.2) is 4.79 Å². The van der Waals surface area contributed by atoms with E-state index < -0.39 is 5.54 Å².